The zero-order valence-electron chi connectivity index (χ0n) is 8.55. The minimum Gasteiger partial charge on any atom is -0.481 e. The number of thioether (sulfide) groups is 1. The third-order valence-electron chi connectivity index (χ3n) is 1.65. The molecule has 0 fully saturated rings. The fourth-order valence-electron chi connectivity index (χ4n) is 0.932. The van der Waals surface area contributed by atoms with Crippen LogP contribution >= 0.6 is 11.8 Å². The second-order valence-corrected chi connectivity index (χ2v) is 3.95. The van der Waals surface area contributed by atoms with Crippen molar-refractivity contribution < 1.29 is 14.7 Å². The van der Waals surface area contributed by atoms with Gasteiger partial charge in [-0.3, -0.25) is 9.59 Å². The predicted octanol–water partition coefficient (Wildman–Crippen LogP) is 0.765. The summed E-state index contributed by atoms with van der Waals surface area (Å²) >= 11 is 1.32. The molecule has 0 radical (unpaired) electrons. The average Bonchev–Trinajstić information content (AvgIpc) is 2.27. The van der Waals surface area contributed by atoms with Crippen LogP contribution in [-0.2, 0) is 9.59 Å². The molecule has 1 aromatic heterocycles. The maximum absolute atomic E-state index is 11.2. The third-order valence-corrected chi connectivity index (χ3v) is 2.59. The Morgan fingerprint density at radius 3 is 2.88 bits per heavy atom. The molecule has 0 aliphatic heterocycles. The number of carbonyl (C=O) groups is 2. The molecule has 16 heavy (non-hydrogen) atoms. The van der Waals surface area contributed by atoms with E-state index in [9.17, 15) is 9.59 Å². The van der Waals surface area contributed by atoms with E-state index >= 15 is 0 Å². The number of amides is 1. The van der Waals surface area contributed by atoms with Crippen LogP contribution in [0.25, 0.3) is 0 Å². The van der Waals surface area contributed by atoms with Crippen molar-refractivity contribution in [3.05, 3.63) is 24.4 Å². The van der Waals surface area contributed by atoms with Gasteiger partial charge < -0.3 is 10.4 Å². The van der Waals surface area contributed by atoms with Gasteiger partial charge in [0.15, 0.2) is 0 Å². The SMILES string of the molecule is O=C(O)CCNC(=O)CSc1ccccn1. The van der Waals surface area contributed by atoms with Gasteiger partial charge in [0.1, 0.15) is 0 Å². The number of carbonyl (C=O) groups excluding carboxylic acids is 1. The monoisotopic (exact) mass is 240 g/mol. The third kappa shape index (κ3) is 5.35. The van der Waals surface area contributed by atoms with E-state index < -0.39 is 5.97 Å². The molecule has 0 atom stereocenters. The van der Waals surface area contributed by atoms with E-state index in [0.717, 1.165) is 5.03 Å². The summed E-state index contributed by atoms with van der Waals surface area (Å²) in [6.45, 7) is 0.164. The van der Waals surface area contributed by atoms with Gasteiger partial charge in [-0.2, -0.15) is 0 Å². The van der Waals surface area contributed by atoms with E-state index in [2.05, 4.69) is 10.3 Å². The van der Waals surface area contributed by atoms with E-state index in [-0.39, 0.29) is 24.6 Å². The summed E-state index contributed by atoms with van der Waals surface area (Å²) < 4.78 is 0. The summed E-state index contributed by atoms with van der Waals surface area (Å²) in [5.74, 6) is -0.856. The first-order chi connectivity index (χ1) is 7.68. The minimum atomic E-state index is -0.919. The molecule has 0 saturated carbocycles. The quantitative estimate of drug-likeness (QED) is 0.718. The normalized spacial score (nSPS) is 9.75. The molecule has 0 unspecified atom stereocenters. The largest absolute Gasteiger partial charge is 0.481 e. The molecule has 5 nitrogen and oxygen atoms in total. The van der Waals surface area contributed by atoms with Crippen molar-refractivity contribution in [2.24, 2.45) is 0 Å². The van der Waals surface area contributed by atoms with Crippen LogP contribution in [0, 0.1) is 0 Å². The Bertz CT molecular complexity index is 356. The van der Waals surface area contributed by atoms with Crippen molar-refractivity contribution in [1.82, 2.24) is 10.3 Å². The number of aliphatic carboxylic acids is 1. The maximum Gasteiger partial charge on any atom is 0.305 e. The number of rotatable bonds is 6. The molecular weight excluding hydrogens is 228 g/mol. The summed E-state index contributed by atoms with van der Waals surface area (Å²) in [6.07, 6.45) is 1.60. The zero-order valence-corrected chi connectivity index (χ0v) is 9.37. The number of hydrogen-bond acceptors (Lipinski definition) is 4. The second kappa shape index (κ2) is 6.84. The van der Waals surface area contributed by atoms with E-state index in [1.165, 1.54) is 11.8 Å². The van der Waals surface area contributed by atoms with Crippen molar-refractivity contribution in [1.29, 1.82) is 0 Å². The van der Waals surface area contributed by atoms with Crippen LogP contribution in [0.3, 0.4) is 0 Å². The Morgan fingerprint density at radius 2 is 2.25 bits per heavy atom. The molecule has 0 aliphatic carbocycles. The van der Waals surface area contributed by atoms with Gasteiger partial charge >= 0.3 is 5.97 Å². The number of carboxylic acids is 1. The molecule has 1 rings (SSSR count). The van der Waals surface area contributed by atoms with Gasteiger partial charge in [-0.1, -0.05) is 17.8 Å². The van der Waals surface area contributed by atoms with Crippen LogP contribution in [-0.4, -0.2) is 34.3 Å². The van der Waals surface area contributed by atoms with Gasteiger partial charge in [0.25, 0.3) is 0 Å². The summed E-state index contributed by atoms with van der Waals surface area (Å²) in [7, 11) is 0. The van der Waals surface area contributed by atoms with E-state index in [1.807, 2.05) is 12.1 Å². The summed E-state index contributed by atoms with van der Waals surface area (Å²) in [5, 5.41) is 11.7. The number of nitrogens with zero attached hydrogens (tertiary/aromatic N) is 1. The lowest BCUT2D eigenvalue weighted by Gasteiger charge is -2.02. The zero-order chi connectivity index (χ0) is 11.8. The molecule has 86 valence electrons. The lowest BCUT2D eigenvalue weighted by molar-refractivity contribution is -0.136. The minimum absolute atomic E-state index is 0.0556. The van der Waals surface area contributed by atoms with Crippen LogP contribution in [0.15, 0.2) is 29.4 Å². The molecule has 0 aromatic carbocycles. The van der Waals surface area contributed by atoms with Gasteiger partial charge in [-0.15, -0.1) is 0 Å². The smallest absolute Gasteiger partial charge is 0.305 e. The average molecular weight is 240 g/mol. The Labute approximate surface area is 97.3 Å². The van der Waals surface area contributed by atoms with Crippen molar-refractivity contribution in [3.8, 4) is 0 Å². The Hall–Kier alpha value is -1.56. The molecular formula is C10H12N2O3S. The van der Waals surface area contributed by atoms with Crippen LogP contribution in [0.1, 0.15) is 6.42 Å². The van der Waals surface area contributed by atoms with Crippen LogP contribution < -0.4 is 5.32 Å². The number of hydrogen-bond donors (Lipinski definition) is 2. The highest BCUT2D eigenvalue weighted by molar-refractivity contribution is 7.99. The van der Waals surface area contributed by atoms with Crippen molar-refractivity contribution in [2.75, 3.05) is 12.3 Å². The summed E-state index contributed by atoms with van der Waals surface area (Å²) in [5.41, 5.74) is 0. The molecule has 0 aliphatic rings. The molecule has 0 bridgehead atoms. The lowest BCUT2D eigenvalue weighted by Crippen LogP contribution is -2.27. The Balaban J connectivity index is 2.18. The van der Waals surface area contributed by atoms with Crippen molar-refractivity contribution in [3.63, 3.8) is 0 Å². The first-order valence-corrected chi connectivity index (χ1v) is 5.69. The number of nitrogens with one attached hydrogen (secondary N) is 1. The Morgan fingerprint density at radius 1 is 1.44 bits per heavy atom. The standard InChI is InChI=1S/C10H12N2O3S/c13-8(11-6-4-10(14)15)7-16-9-3-1-2-5-12-9/h1-3,5H,4,6-7H2,(H,11,13)(H,14,15). The highest BCUT2D eigenvalue weighted by Gasteiger charge is 2.03. The van der Waals surface area contributed by atoms with E-state index in [4.69, 9.17) is 5.11 Å². The van der Waals surface area contributed by atoms with Crippen LogP contribution in [0.5, 0.6) is 0 Å². The molecule has 6 heteroatoms. The number of aromatic nitrogens is 1. The van der Waals surface area contributed by atoms with Gasteiger partial charge in [0, 0.05) is 12.7 Å². The molecule has 1 aromatic rings. The predicted molar refractivity (Wildman–Crippen MR) is 60.2 cm³/mol. The van der Waals surface area contributed by atoms with Gasteiger partial charge in [0.2, 0.25) is 5.91 Å². The van der Waals surface area contributed by atoms with Crippen LogP contribution in [0.4, 0.5) is 0 Å². The molecule has 0 saturated heterocycles. The number of carboxylic acid groups (broad SMARTS) is 1. The summed E-state index contributed by atoms with van der Waals surface area (Å²) in [4.78, 5) is 25.5. The van der Waals surface area contributed by atoms with E-state index in [1.54, 1.807) is 12.3 Å². The first-order valence-electron chi connectivity index (χ1n) is 4.71. The van der Waals surface area contributed by atoms with Gasteiger partial charge in [-0.25, -0.2) is 4.98 Å². The molecule has 1 heterocycles. The topological polar surface area (TPSA) is 79.3 Å². The molecule has 1 amide bonds. The fourth-order valence-corrected chi connectivity index (χ4v) is 1.62. The molecule has 0 spiro atoms. The van der Waals surface area contributed by atoms with Crippen molar-refractivity contribution in [2.45, 2.75) is 11.4 Å². The summed E-state index contributed by atoms with van der Waals surface area (Å²) in [6, 6.07) is 5.46. The van der Waals surface area contributed by atoms with Crippen LogP contribution in [0.2, 0.25) is 0 Å². The highest BCUT2D eigenvalue weighted by Crippen LogP contribution is 2.12. The lowest BCUT2D eigenvalue weighted by atomic mass is 10.4. The van der Waals surface area contributed by atoms with E-state index in [0.29, 0.717) is 0 Å². The van der Waals surface area contributed by atoms with Gasteiger partial charge in [-0.05, 0) is 12.1 Å². The fraction of sp³-hybridized carbons (Fsp3) is 0.300. The molecule has 2 N–H and O–H groups in total. The number of pyridine rings is 1. The highest BCUT2D eigenvalue weighted by atomic mass is 32.2. The van der Waals surface area contributed by atoms with Crippen molar-refractivity contribution >= 4 is 23.6 Å². The maximum atomic E-state index is 11.2. The second-order valence-electron chi connectivity index (χ2n) is 2.95. The Kier molecular flexibility index (Phi) is 5.35. The first kappa shape index (κ1) is 12.5. The van der Waals surface area contributed by atoms with Gasteiger partial charge in [0.05, 0.1) is 17.2 Å².